The van der Waals surface area contributed by atoms with Crippen LogP contribution in [0.4, 0.5) is 10.5 Å². The second-order valence-corrected chi connectivity index (χ2v) is 8.38. The number of fused-ring (bicyclic) bond motifs is 3. The third kappa shape index (κ3) is 2.74. The van der Waals surface area contributed by atoms with Gasteiger partial charge in [-0.1, -0.05) is 13.8 Å². The van der Waals surface area contributed by atoms with E-state index >= 15 is 0 Å². The van der Waals surface area contributed by atoms with Crippen LogP contribution in [0.15, 0.2) is 18.2 Å². The van der Waals surface area contributed by atoms with E-state index in [1.807, 2.05) is 19.1 Å². The average molecular weight is 388 g/mol. The summed E-state index contributed by atoms with van der Waals surface area (Å²) in [5.74, 6) is 0.178. The lowest BCUT2D eigenvalue weighted by atomic mass is 9.81. The minimum Gasteiger partial charge on any atom is -0.410 e. The van der Waals surface area contributed by atoms with Crippen molar-refractivity contribution in [2.75, 3.05) is 39.2 Å². The standard InChI is InChI=1S/C20H28N4O4/c1-12-11-24(27-5)17(25)16(12)21-19(26)28-13-6-7-15-14(10-13)20(2)8-9-22(3)18(20)23(15)4/h6-7,10,12,16,18H,8-9,11H2,1-5H3,(H,21,26)/t12?,16?,18-,20+/m1/s1. The number of amides is 2. The Balaban J connectivity index is 1.50. The molecule has 2 amide bonds. The van der Waals surface area contributed by atoms with Gasteiger partial charge in [0.1, 0.15) is 11.8 Å². The highest BCUT2D eigenvalue weighted by Gasteiger charge is 2.52. The SMILES string of the molecule is CON1CC(C)C(NC(=O)Oc2ccc3c(c2)[C@]2(C)CCN(C)[C@@H]2N3C)C1=O. The molecule has 3 aliphatic heterocycles. The van der Waals surface area contributed by atoms with Crippen LogP contribution >= 0.6 is 0 Å². The van der Waals surface area contributed by atoms with Gasteiger partial charge in [0, 0.05) is 30.6 Å². The van der Waals surface area contributed by atoms with E-state index < -0.39 is 12.1 Å². The number of ether oxygens (including phenoxy) is 1. The second-order valence-electron chi connectivity index (χ2n) is 8.38. The molecule has 3 heterocycles. The largest absolute Gasteiger partial charge is 0.413 e. The highest BCUT2D eigenvalue weighted by Crippen LogP contribution is 2.51. The first-order chi connectivity index (χ1) is 13.3. The molecule has 1 aromatic carbocycles. The molecular weight excluding hydrogens is 360 g/mol. The van der Waals surface area contributed by atoms with E-state index in [4.69, 9.17) is 9.57 Å². The van der Waals surface area contributed by atoms with Crippen molar-refractivity contribution in [2.24, 2.45) is 5.92 Å². The van der Waals surface area contributed by atoms with Crippen LogP contribution in [0.3, 0.4) is 0 Å². The number of benzene rings is 1. The number of nitrogens with one attached hydrogen (secondary N) is 1. The molecule has 1 N–H and O–H groups in total. The molecule has 0 bridgehead atoms. The number of carbonyl (C=O) groups is 2. The van der Waals surface area contributed by atoms with Crippen LogP contribution in [0.2, 0.25) is 0 Å². The Morgan fingerprint density at radius 3 is 2.75 bits per heavy atom. The summed E-state index contributed by atoms with van der Waals surface area (Å²) in [5, 5.41) is 3.94. The van der Waals surface area contributed by atoms with Gasteiger partial charge >= 0.3 is 6.09 Å². The van der Waals surface area contributed by atoms with Gasteiger partial charge in [0.25, 0.3) is 5.91 Å². The number of rotatable bonds is 3. The van der Waals surface area contributed by atoms with Crippen LogP contribution < -0.4 is 15.0 Å². The number of nitrogens with zero attached hydrogens (tertiary/aromatic N) is 3. The van der Waals surface area contributed by atoms with Gasteiger partial charge in [-0.2, -0.15) is 0 Å². The Morgan fingerprint density at radius 2 is 2.07 bits per heavy atom. The maximum atomic E-state index is 12.4. The molecule has 0 aromatic heterocycles. The van der Waals surface area contributed by atoms with Crippen LogP contribution in [0, 0.1) is 5.92 Å². The molecule has 152 valence electrons. The van der Waals surface area contributed by atoms with Gasteiger partial charge in [0.15, 0.2) is 0 Å². The van der Waals surface area contributed by atoms with Crippen molar-refractivity contribution in [3.8, 4) is 5.75 Å². The van der Waals surface area contributed by atoms with Crippen molar-refractivity contribution < 1.29 is 19.2 Å². The van der Waals surface area contributed by atoms with E-state index in [2.05, 4.69) is 36.1 Å². The van der Waals surface area contributed by atoms with Gasteiger partial charge in [-0.15, -0.1) is 0 Å². The topological polar surface area (TPSA) is 74.3 Å². The first kappa shape index (κ1) is 19.0. The maximum Gasteiger partial charge on any atom is 0.413 e. The smallest absolute Gasteiger partial charge is 0.410 e. The fourth-order valence-electron chi connectivity index (χ4n) is 5.11. The number of carbonyl (C=O) groups excluding carboxylic acids is 2. The molecular formula is C20H28N4O4. The average Bonchev–Trinajstić information content (AvgIpc) is 3.19. The maximum absolute atomic E-state index is 12.4. The van der Waals surface area contributed by atoms with Crippen molar-refractivity contribution in [3.05, 3.63) is 23.8 Å². The highest BCUT2D eigenvalue weighted by atomic mass is 16.7. The number of hydrogen-bond donors (Lipinski definition) is 1. The Hall–Kier alpha value is -2.32. The van der Waals surface area contributed by atoms with Crippen molar-refractivity contribution in [3.63, 3.8) is 0 Å². The van der Waals surface area contributed by atoms with E-state index in [1.54, 1.807) is 6.07 Å². The van der Waals surface area contributed by atoms with Crippen LogP contribution in [0.5, 0.6) is 5.75 Å². The third-order valence-corrected chi connectivity index (χ3v) is 6.54. The van der Waals surface area contributed by atoms with Crippen molar-refractivity contribution in [2.45, 2.75) is 37.9 Å². The Labute approximate surface area is 165 Å². The first-order valence-corrected chi connectivity index (χ1v) is 9.67. The zero-order valence-corrected chi connectivity index (χ0v) is 17.1. The molecule has 0 aliphatic carbocycles. The number of likely N-dealkylation sites (tertiary alicyclic amines) is 1. The Bertz CT molecular complexity index is 815. The molecule has 4 atom stereocenters. The lowest BCUT2D eigenvalue weighted by Gasteiger charge is -2.32. The van der Waals surface area contributed by atoms with E-state index in [1.165, 1.54) is 23.4 Å². The zero-order valence-electron chi connectivity index (χ0n) is 17.1. The van der Waals surface area contributed by atoms with E-state index in [-0.39, 0.29) is 17.2 Å². The van der Waals surface area contributed by atoms with Gasteiger partial charge in [0.2, 0.25) is 0 Å². The normalized spacial score (nSPS) is 31.9. The van der Waals surface area contributed by atoms with Gasteiger partial charge in [-0.25, -0.2) is 9.86 Å². The molecule has 2 unspecified atom stereocenters. The number of hydroxylamine groups is 2. The highest BCUT2D eigenvalue weighted by molar-refractivity contribution is 5.87. The minimum atomic E-state index is -0.640. The molecule has 8 nitrogen and oxygen atoms in total. The molecule has 8 heteroatoms. The van der Waals surface area contributed by atoms with Crippen LogP contribution in [-0.4, -0.2) is 68.5 Å². The summed E-state index contributed by atoms with van der Waals surface area (Å²) in [6.45, 7) is 5.64. The molecule has 28 heavy (non-hydrogen) atoms. The van der Waals surface area contributed by atoms with Gasteiger partial charge in [-0.05, 0) is 37.2 Å². The van der Waals surface area contributed by atoms with Gasteiger partial charge in [-0.3, -0.25) is 14.5 Å². The summed E-state index contributed by atoms with van der Waals surface area (Å²) in [7, 11) is 5.70. The van der Waals surface area contributed by atoms with Crippen LogP contribution in [-0.2, 0) is 15.0 Å². The summed E-state index contributed by atoms with van der Waals surface area (Å²) in [4.78, 5) is 34.3. The summed E-state index contributed by atoms with van der Waals surface area (Å²) in [5.41, 5.74) is 2.37. The summed E-state index contributed by atoms with van der Waals surface area (Å²) in [6.07, 6.45) is 0.741. The fourth-order valence-corrected chi connectivity index (χ4v) is 5.11. The van der Waals surface area contributed by atoms with Gasteiger partial charge in [0.05, 0.1) is 19.8 Å². The molecule has 1 aromatic rings. The monoisotopic (exact) mass is 388 g/mol. The van der Waals surface area contributed by atoms with Gasteiger partial charge < -0.3 is 15.0 Å². The summed E-state index contributed by atoms with van der Waals surface area (Å²) in [6, 6.07) is 5.14. The lowest BCUT2D eigenvalue weighted by molar-refractivity contribution is -0.168. The van der Waals surface area contributed by atoms with Crippen molar-refractivity contribution >= 4 is 17.7 Å². The Kier molecular flexibility index (Phi) is 4.50. The molecule has 4 rings (SSSR count). The first-order valence-electron chi connectivity index (χ1n) is 9.67. The third-order valence-electron chi connectivity index (χ3n) is 6.54. The molecule has 2 saturated heterocycles. The number of anilines is 1. The second kappa shape index (κ2) is 6.63. The molecule has 0 radical (unpaired) electrons. The molecule has 2 fully saturated rings. The summed E-state index contributed by atoms with van der Waals surface area (Å²) >= 11 is 0. The Morgan fingerprint density at radius 1 is 1.32 bits per heavy atom. The van der Waals surface area contributed by atoms with Crippen molar-refractivity contribution in [1.82, 2.24) is 15.3 Å². The molecule has 0 saturated carbocycles. The van der Waals surface area contributed by atoms with E-state index in [0.29, 0.717) is 18.5 Å². The molecule has 0 spiro atoms. The quantitative estimate of drug-likeness (QED) is 0.847. The molecule has 3 aliphatic rings. The number of hydrogen-bond acceptors (Lipinski definition) is 6. The zero-order chi connectivity index (χ0) is 20.2. The summed E-state index contributed by atoms with van der Waals surface area (Å²) < 4.78 is 5.53. The van der Waals surface area contributed by atoms with E-state index in [9.17, 15) is 9.59 Å². The van der Waals surface area contributed by atoms with Crippen LogP contribution in [0.1, 0.15) is 25.8 Å². The predicted molar refractivity (Wildman–Crippen MR) is 104 cm³/mol. The van der Waals surface area contributed by atoms with Crippen molar-refractivity contribution in [1.29, 1.82) is 0 Å². The van der Waals surface area contributed by atoms with Crippen LogP contribution in [0.25, 0.3) is 0 Å². The fraction of sp³-hybridized carbons (Fsp3) is 0.600. The minimum absolute atomic E-state index is 0.00355. The van der Waals surface area contributed by atoms with E-state index in [0.717, 1.165) is 13.0 Å². The predicted octanol–water partition coefficient (Wildman–Crippen LogP) is 1.55. The lowest BCUT2D eigenvalue weighted by Crippen LogP contribution is -2.45. The number of likely N-dealkylation sites (N-methyl/N-ethyl adjacent to an activating group) is 2.